The molecule has 3 rings (SSSR count). The Bertz CT molecular complexity index is 905. The van der Waals surface area contributed by atoms with Crippen molar-refractivity contribution < 1.29 is 0 Å². The van der Waals surface area contributed by atoms with E-state index in [1.165, 1.54) is 23.1 Å². The number of H-pyrrole nitrogens is 1. The summed E-state index contributed by atoms with van der Waals surface area (Å²) in [7, 11) is 0. The SMILES string of the molecule is CCC(C)Nc1nnc(SCc2nc3c(C)cccc3c(=O)[nH]2)s1. The van der Waals surface area contributed by atoms with E-state index in [1.807, 2.05) is 19.1 Å². The molecule has 126 valence electrons. The number of aromatic amines is 1. The van der Waals surface area contributed by atoms with Gasteiger partial charge >= 0.3 is 0 Å². The first kappa shape index (κ1) is 16.9. The Morgan fingerprint density at radius 2 is 2.21 bits per heavy atom. The van der Waals surface area contributed by atoms with Gasteiger partial charge in [0, 0.05) is 6.04 Å². The summed E-state index contributed by atoms with van der Waals surface area (Å²) in [6.45, 7) is 6.20. The molecule has 0 bridgehead atoms. The number of hydrogen-bond acceptors (Lipinski definition) is 7. The normalized spacial score (nSPS) is 12.5. The minimum absolute atomic E-state index is 0.101. The number of hydrogen-bond donors (Lipinski definition) is 2. The Hall–Kier alpha value is -1.93. The number of thioether (sulfide) groups is 1. The van der Waals surface area contributed by atoms with E-state index in [4.69, 9.17) is 0 Å². The van der Waals surface area contributed by atoms with Crippen LogP contribution in [0.5, 0.6) is 0 Å². The van der Waals surface area contributed by atoms with Gasteiger partial charge in [0.1, 0.15) is 5.82 Å². The van der Waals surface area contributed by atoms with Crippen LogP contribution in [0, 0.1) is 6.92 Å². The standard InChI is InChI=1S/C16H19N5OS2/c1-4-10(3)17-15-20-21-16(24-15)23-8-12-18-13-9(2)6-5-7-11(13)14(22)19-12/h5-7,10H,4,8H2,1-3H3,(H,17,20)(H,18,19,22). The average molecular weight is 361 g/mol. The van der Waals surface area contributed by atoms with Crippen LogP contribution < -0.4 is 10.9 Å². The highest BCUT2D eigenvalue weighted by atomic mass is 32.2. The molecule has 0 aliphatic heterocycles. The molecular weight excluding hydrogens is 342 g/mol. The number of fused-ring (bicyclic) bond motifs is 1. The average Bonchev–Trinajstić information content (AvgIpc) is 3.01. The Morgan fingerprint density at radius 1 is 1.38 bits per heavy atom. The van der Waals surface area contributed by atoms with Crippen molar-refractivity contribution in [3.05, 3.63) is 39.9 Å². The van der Waals surface area contributed by atoms with Crippen molar-refractivity contribution in [2.75, 3.05) is 5.32 Å². The molecule has 0 aliphatic carbocycles. The first-order valence-corrected chi connectivity index (χ1v) is 9.58. The van der Waals surface area contributed by atoms with Crippen LogP contribution in [0.3, 0.4) is 0 Å². The van der Waals surface area contributed by atoms with Gasteiger partial charge in [0.15, 0.2) is 4.34 Å². The van der Waals surface area contributed by atoms with E-state index < -0.39 is 0 Å². The van der Waals surface area contributed by atoms with E-state index in [9.17, 15) is 4.79 Å². The number of aromatic nitrogens is 4. The van der Waals surface area contributed by atoms with Crippen LogP contribution in [0.15, 0.2) is 27.3 Å². The summed E-state index contributed by atoms with van der Waals surface area (Å²) in [4.78, 5) is 19.6. The van der Waals surface area contributed by atoms with Gasteiger partial charge in [-0.2, -0.15) is 0 Å². The fourth-order valence-electron chi connectivity index (χ4n) is 2.19. The first-order valence-electron chi connectivity index (χ1n) is 7.78. The molecule has 8 heteroatoms. The second kappa shape index (κ2) is 7.31. The van der Waals surface area contributed by atoms with Crippen LogP contribution in [0.25, 0.3) is 10.9 Å². The predicted molar refractivity (Wildman–Crippen MR) is 99.9 cm³/mol. The van der Waals surface area contributed by atoms with Gasteiger partial charge in [0.05, 0.1) is 16.7 Å². The largest absolute Gasteiger partial charge is 0.358 e. The van der Waals surface area contributed by atoms with Crippen LogP contribution in [-0.2, 0) is 5.75 Å². The minimum Gasteiger partial charge on any atom is -0.358 e. The maximum Gasteiger partial charge on any atom is 0.258 e. The van der Waals surface area contributed by atoms with Crippen LogP contribution in [0.4, 0.5) is 5.13 Å². The highest BCUT2D eigenvalue weighted by molar-refractivity contribution is 8.00. The summed E-state index contributed by atoms with van der Waals surface area (Å²) < 4.78 is 0.855. The lowest BCUT2D eigenvalue weighted by molar-refractivity contribution is 0.759. The molecule has 2 aromatic heterocycles. The zero-order valence-corrected chi connectivity index (χ0v) is 15.4. The van der Waals surface area contributed by atoms with Gasteiger partial charge in [0.25, 0.3) is 5.56 Å². The topological polar surface area (TPSA) is 83.6 Å². The molecule has 2 heterocycles. The number of aryl methyl sites for hydroxylation is 1. The van der Waals surface area contributed by atoms with E-state index in [2.05, 4.69) is 39.3 Å². The van der Waals surface area contributed by atoms with Crippen molar-refractivity contribution >= 4 is 39.1 Å². The highest BCUT2D eigenvalue weighted by Gasteiger charge is 2.10. The van der Waals surface area contributed by atoms with Crippen molar-refractivity contribution in [1.82, 2.24) is 20.2 Å². The lowest BCUT2D eigenvalue weighted by Gasteiger charge is -2.07. The Kier molecular flexibility index (Phi) is 5.15. The van der Waals surface area contributed by atoms with E-state index in [1.54, 1.807) is 6.07 Å². The Labute approximate surface area is 148 Å². The molecule has 1 aromatic carbocycles. The summed E-state index contributed by atoms with van der Waals surface area (Å²) in [6.07, 6.45) is 1.03. The van der Waals surface area contributed by atoms with Gasteiger partial charge in [-0.1, -0.05) is 42.2 Å². The van der Waals surface area contributed by atoms with Crippen LogP contribution in [-0.4, -0.2) is 26.2 Å². The molecule has 6 nitrogen and oxygen atoms in total. The Balaban J connectivity index is 1.74. The maximum absolute atomic E-state index is 12.2. The summed E-state index contributed by atoms with van der Waals surface area (Å²) in [5.74, 6) is 1.20. The third kappa shape index (κ3) is 3.76. The number of para-hydroxylation sites is 1. The molecule has 0 aliphatic rings. The summed E-state index contributed by atoms with van der Waals surface area (Å²) in [6, 6.07) is 6.00. The number of rotatable bonds is 6. The quantitative estimate of drug-likeness (QED) is 0.653. The summed E-state index contributed by atoms with van der Waals surface area (Å²) in [5.41, 5.74) is 1.66. The second-order valence-corrected chi connectivity index (χ2v) is 7.80. The van der Waals surface area contributed by atoms with Crippen molar-refractivity contribution in [3.63, 3.8) is 0 Å². The van der Waals surface area contributed by atoms with Crippen LogP contribution in [0.2, 0.25) is 0 Å². The van der Waals surface area contributed by atoms with E-state index in [-0.39, 0.29) is 5.56 Å². The van der Waals surface area contributed by atoms with E-state index in [0.29, 0.717) is 23.0 Å². The third-order valence-corrected chi connectivity index (χ3v) is 5.71. The molecule has 0 spiro atoms. The number of nitrogens with one attached hydrogen (secondary N) is 2. The third-order valence-electron chi connectivity index (χ3n) is 3.71. The fraction of sp³-hybridized carbons (Fsp3) is 0.375. The number of benzene rings is 1. The molecule has 0 fully saturated rings. The molecule has 0 saturated heterocycles. The van der Waals surface area contributed by atoms with Crippen molar-refractivity contribution in [2.24, 2.45) is 0 Å². The molecule has 1 atom stereocenters. The molecule has 0 amide bonds. The van der Waals surface area contributed by atoms with Crippen molar-refractivity contribution in [2.45, 2.75) is 43.3 Å². The van der Waals surface area contributed by atoms with E-state index in [0.717, 1.165) is 27.0 Å². The molecule has 1 unspecified atom stereocenters. The zero-order valence-electron chi connectivity index (χ0n) is 13.8. The van der Waals surface area contributed by atoms with Crippen LogP contribution in [0.1, 0.15) is 31.7 Å². The predicted octanol–water partition coefficient (Wildman–Crippen LogP) is 3.59. The van der Waals surface area contributed by atoms with Crippen molar-refractivity contribution in [1.29, 1.82) is 0 Å². The number of nitrogens with zero attached hydrogens (tertiary/aromatic N) is 3. The lowest BCUT2D eigenvalue weighted by atomic mass is 10.1. The van der Waals surface area contributed by atoms with Gasteiger partial charge in [-0.3, -0.25) is 4.79 Å². The molecule has 0 saturated carbocycles. The second-order valence-electron chi connectivity index (χ2n) is 5.60. The Morgan fingerprint density at radius 3 is 3.00 bits per heavy atom. The lowest BCUT2D eigenvalue weighted by Crippen LogP contribution is -2.12. The molecule has 0 radical (unpaired) electrons. The highest BCUT2D eigenvalue weighted by Crippen LogP contribution is 2.28. The van der Waals surface area contributed by atoms with E-state index >= 15 is 0 Å². The first-order chi connectivity index (χ1) is 11.6. The van der Waals surface area contributed by atoms with Gasteiger partial charge in [-0.15, -0.1) is 10.2 Å². The van der Waals surface area contributed by atoms with Crippen molar-refractivity contribution in [3.8, 4) is 0 Å². The fourth-order valence-corrected chi connectivity index (χ4v) is 3.92. The van der Waals surface area contributed by atoms with Gasteiger partial charge in [-0.25, -0.2) is 4.98 Å². The number of anilines is 1. The summed E-state index contributed by atoms with van der Waals surface area (Å²) in [5, 5.41) is 13.1. The summed E-state index contributed by atoms with van der Waals surface area (Å²) >= 11 is 3.04. The molecule has 2 N–H and O–H groups in total. The van der Waals surface area contributed by atoms with Gasteiger partial charge in [-0.05, 0) is 31.9 Å². The smallest absolute Gasteiger partial charge is 0.258 e. The molecule has 3 aromatic rings. The van der Waals surface area contributed by atoms with Crippen LogP contribution >= 0.6 is 23.1 Å². The molecule has 24 heavy (non-hydrogen) atoms. The maximum atomic E-state index is 12.2. The van der Waals surface area contributed by atoms with Gasteiger partial charge in [0.2, 0.25) is 5.13 Å². The molecular formula is C16H19N5OS2. The minimum atomic E-state index is -0.101. The monoisotopic (exact) mass is 361 g/mol. The zero-order chi connectivity index (χ0) is 17.1. The van der Waals surface area contributed by atoms with Gasteiger partial charge < -0.3 is 10.3 Å².